The molecule has 4 heteroatoms. The molecule has 0 amide bonds. The van der Waals surface area contributed by atoms with Crippen LogP contribution in [0.4, 0.5) is 0 Å². The highest BCUT2D eigenvalue weighted by Crippen LogP contribution is 2.42. The van der Waals surface area contributed by atoms with Crippen LogP contribution in [-0.4, -0.2) is 19.5 Å². The standard InChI is InChI=1S/C47H32N4/c1-3-14-32(15-4-1)41-30-42(50-47(49-41)35-16-5-2-6-17-35)33-23-25-34(26-24-33)45-44-39-20-10-12-22-43(39)51(46(44)38-19-9-11-21-40(38)48-45)37-28-27-31-13-7-8-18-36(31)29-37/h1-6,8-12,14-30H,7,13H2. The number of allylic oxidation sites excluding steroid dienone is 1. The molecule has 0 N–H and O–H groups in total. The fraction of sp³-hybridized carbons (Fsp3) is 0.0426. The molecule has 0 spiro atoms. The highest BCUT2D eigenvalue weighted by Gasteiger charge is 2.21. The maximum atomic E-state index is 5.36. The maximum absolute atomic E-state index is 5.36. The lowest BCUT2D eigenvalue weighted by Crippen LogP contribution is -2.00. The van der Waals surface area contributed by atoms with Crippen molar-refractivity contribution in [2.24, 2.45) is 0 Å². The Morgan fingerprint density at radius 2 is 1.16 bits per heavy atom. The predicted octanol–water partition coefficient (Wildman–Crippen LogP) is 11.7. The van der Waals surface area contributed by atoms with E-state index in [2.05, 4.69) is 138 Å². The molecular weight excluding hydrogens is 621 g/mol. The van der Waals surface area contributed by atoms with Gasteiger partial charge in [0.1, 0.15) is 0 Å². The molecule has 0 unspecified atom stereocenters. The highest BCUT2D eigenvalue weighted by atomic mass is 15.0. The van der Waals surface area contributed by atoms with Gasteiger partial charge < -0.3 is 4.57 Å². The molecule has 3 aromatic heterocycles. The molecule has 10 rings (SSSR count). The average molecular weight is 653 g/mol. The smallest absolute Gasteiger partial charge is 0.160 e. The third-order valence-electron chi connectivity index (χ3n) is 10.1. The predicted molar refractivity (Wildman–Crippen MR) is 211 cm³/mol. The third-order valence-corrected chi connectivity index (χ3v) is 10.1. The zero-order valence-electron chi connectivity index (χ0n) is 27.9. The SMILES string of the molecule is C1=Cc2cc(-n3c4ccccc4c4c(-c5ccc(-c6cc(-c7ccccc7)nc(-c7ccccc7)n6)cc5)nc5ccccc5c43)ccc2CC1. The summed E-state index contributed by atoms with van der Waals surface area (Å²) in [5.74, 6) is 0.708. The normalized spacial score (nSPS) is 12.5. The summed E-state index contributed by atoms with van der Waals surface area (Å²) in [6, 6.07) is 55.5. The van der Waals surface area contributed by atoms with Crippen LogP contribution in [0.25, 0.3) is 89.6 Å². The van der Waals surface area contributed by atoms with Crippen LogP contribution < -0.4 is 0 Å². The Balaban J connectivity index is 1.17. The minimum atomic E-state index is 0.708. The highest BCUT2D eigenvalue weighted by molar-refractivity contribution is 6.22. The number of hydrogen-bond acceptors (Lipinski definition) is 3. The van der Waals surface area contributed by atoms with Gasteiger partial charge in [-0.15, -0.1) is 0 Å². The fourth-order valence-corrected chi connectivity index (χ4v) is 7.58. The van der Waals surface area contributed by atoms with Crippen molar-refractivity contribution in [1.29, 1.82) is 0 Å². The van der Waals surface area contributed by atoms with E-state index in [1.54, 1.807) is 0 Å². The molecule has 0 radical (unpaired) electrons. The molecule has 3 heterocycles. The quantitative estimate of drug-likeness (QED) is 0.186. The summed E-state index contributed by atoms with van der Waals surface area (Å²) in [6.07, 6.45) is 6.74. The van der Waals surface area contributed by atoms with Gasteiger partial charge in [0, 0.05) is 44.1 Å². The van der Waals surface area contributed by atoms with E-state index in [1.807, 2.05) is 36.4 Å². The number of rotatable bonds is 5. The minimum absolute atomic E-state index is 0.708. The number of aromatic nitrogens is 4. The van der Waals surface area contributed by atoms with E-state index in [4.69, 9.17) is 15.0 Å². The van der Waals surface area contributed by atoms with Crippen molar-refractivity contribution in [1.82, 2.24) is 19.5 Å². The van der Waals surface area contributed by atoms with E-state index in [0.29, 0.717) is 5.82 Å². The van der Waals surface area contributed by atoms with Crippen LogP contribution in [-0.2, 0) is 6.42 Å². The van der Waals surface area contributed by atoms with Gasteiger partial charge in [0.05, 0.1) is 33.6 Å². The molecule has 1 aliphatic rings. The molecule has 4 nitrogen and oxygen atoms in total. The molecule has 0 aliphatic heterocycles. The van der Waals surface area contributed by atoms with Crippen molar-refractivity contribution < 1.29 is 0 Å². The number of aryl methyl sites for hydroxylation is 1. The van der Waals surface area contributed by atoms with Gasteiger partial charge in [-0.3, -0.25) is 0 Å². The Bertz CT molecular complexity index is 2720. The summed E-state index contributed by atoms with van der Waals surface area (Å²) in [5.41, 5.74) is 14.1. The van der Waals surface area contributed by atoms with Crippen molar-refractivity contribution in [3.8, 4) is 50.8 Å². The van der Waals surface area contributed by atoms with Gasteiger partial charge in [-0.05, 0) is 54.3 Å². The molecule has 9 aromatic rings. The lowest BCUT2D eigenvalue weighted by atomic mass is 9.97. The van der Waals surface area contributed by atoms with Crippen LogP contribution in [0.2, 0.25) is 0 Å². The number of hydrogen-bond donors (Lipinski definition) is 0. The van der Waals surface area contributed by atoms with Crippen LogP contribution in [0.1, 0.15) is 17.5 Å². The number of pyridine rings is 1. The monoisotopic (exact) mass is 652 g/mol. The first-order chi connectivity index (χ1) is 25.3. The van der Waals surface area contributed by atoms with Crippen LogP contribution in [0.5, 0.6) is 0 Å². The van der Waals surface area contributed by atoms with Crippen molar-refractivity contribution >= 4 is 38.8 Å². The van der Waals surface area contributed by atoms with Crippen LogP contribution in [0, 0.1) is 0 Å². The summed E-state index contributed by atoms with van der Waals surface area (Å²) in [7, 11) is 0. The van der Waals surface area contributed by atoms with Gasteiger partial charge in [0.25, 0.3) is 0 Å². The minimum Gasteiger partial charge on any atom is -0.308 e. The van der Waals surface area contributed by atoms with Gasteiger partial charge in [-0.25, -0.2) is 15.0 Å². The van der Waals surface area contributed by atoms with E-state index in [1.165, 1.54) is 27.5 Å². The first-order valence-corrected chi connectivity index (χ1v) is 17.5. The Morgan fingerprint density at radius 1 is 0.510 bits per heavy atom. The fourth-order valence-electron chi connectivity index (χ4n) is 7.58. The summed E-state index contributed by atoms with van der Waals surface area (Å²) in [5, 5.41) is 3.49. The molecule has 0 atom stereocenters. The molecule has 51 heavy (non-hydrogen) atoms. The molecule has 0 bridgehead atoms. The third kappa shape index (κ3) is 5.03. The topological polar surface area (TPSA) is 43.6 Å². The molecule has 0 saturated heterocycles. The maximum Gasteiger partial charge on any atom is 0.160 e. The number of fused-ring (bicyclic) bond motifs is 6. The second kappa shape index (κ2) is 12.0. The van der Waals surface area contributed by atoms with Crippen molar-refractivity contribution in [2.45, 2.75) is 12.8 Å². The van der Waals surface area contributed by atoms with Crippen molar-refractivity contribution in [3.05, 3.63) is 175 Å². The van der Waals surface area contributed by atoms with Gasteiger partial charge in [0.2, 0.25) is 0 Å². The Morgan fingerprint density at radius 3 is 1.94 bits per heavy atom. The molecule has 1 aliphatic carbocycles. The largest absolute Gasteiger partial charge is 0.308 e. The zero-order chi connectivity index (χ0) is 33.7. The Kier molecular flexibility index (Phi) is 6.91. The summed E-state index contributed by atoms with van der Waals surface area (Å²) in [4.78, 5) is 15.4. The van der Waals surface area contributed by atoms with Crippen LogP contribution in [0.15, 0.2) is 164 Å². The Hall–Kier alpha value is -6.65. The van der Waals surface area contributed by atoms with E-state index in [9.17, 15) is 0 Å². The average Bonchev–Trinajstić information content (AvgIpc) is 3.56. The first kappa shape index (κ1) is 29.3. The van der Waals surface area contributed by atoms with E-state index in [0.717, 1.165) is 74.2 Å². The van der Waals surface area contributed by atoms with E-state index < -0.39 is 0 Å². The van der Waals surface area contributed by atoms with Gasteiger partial charge in [-0.1, -0.05) is 140 Å². The molecule has 0 saturated carbocycles. The van der Waals surface area contributed by atoms with E-state index in [-0.39, 0.29) is 0 Å². The number of benzene rings is 6. The second-order valence-electron chi connectivity index (χ2n) is 13.1. The summed E-state index contributed by atoms with van der Waals surface area (Å²) >= 11 is 0. The van der Waals surface area contributed by atoms with Gasteiger partial charge in [0.15, 0.2) is 5.82 Å². The van der Waals surface area contributed by atoms with Crippen LogP contribution in [0.3, 0.4) is 0 Å². The summed E-state index contributed by atoms with van der Waals surface area (Å²) < 4.78 is 2.44. The van der Waals surface area contributed by atoms with Gasteiger partial charge >= 0.3 is 0 Å². The molecular formula is C47H32N4. The van der Waals surface area contributed by atoms with E-state index >= 15 is 0 Å². The molecule has 6 aromatic carbocycles. The zero-order valence-corrected chi connectivity index (χ0v) is 27.9. The summed E-state index contributed by atoms with van der Waals surface area (Å²) in [6.45, 7) is 0. The molecule has 240 valence electrons. The number of nitrogens with zero attached hydrogens (tertiary/aromatic N) is 4. The first-order valence-electron chi connectivity index (χ1n) is 17.5. The Labute approximate surface area is 296 Å². The number of para-hydroxylation sites is 2. The molecule has 0 fully saturated rings. The lowest BCUT2D eigenvalue weighted by molar-refractivity contribution is 0.982. The van der Waals surface area contributed by atoms with Crippen molar-refractivity contribution in [2.75, 3.05) is 0 Å². The van der Waals surface area contributed by atoms with Gasteiger partial charge in [-0.2, -0.15) is 0 Å². The van der Waals surface area contributed by atoms with Crippen LogP contribution >= 0.6 is 0 Å². The lowest BCUT2D eigenvalue weighted by Gasteiger charge is -2.15. The second-order valence-corrected chi connectivity index (χ2v) is 13.1. The van der Waals surface area contributed by atoms with Crippen molar-refractivity contribution in [3.63, 3.8) is 0 Å².